The van der Waals surface area contributed by atoms with E-state index >= 15 is 0 Å². The molecule has 0 aromatic heterocycles. The van der Waals surface area contributed by atoms with Crippen LogP contribution in [0.15, 0.2) is 18.2 Å². The van der Waals surface area contributed by atoms with Crippen molar-refractivity contribution in [3.8, 4) is 5.75 Å². The summed E-state index contributed by atoms with van der Waals surface area (Å²) in [7, 11) is 1.81. The average molecular weight is 374 g/mol. The van der Waals surface area contributed by atoms with Crippen molar-refractivity contribution in [3.63, 3.8) is 0 Å². The van der Waals surface area contributed by atoms with Gasteiger partial charge in [0.25, 0.3) is 0 Å². The Morgan fingerprint density at radius 1 is 1.00 bits per heavy atom. The van der Waals surface area contributed by atoms with E-state index < -0.39 is 0 Å². The summed E-state index contributed by atoms with van der Waals surface area (Å²) in [5.41, 5.74) is 2.76. The van der Waals surface area contributed by atoms with Gasteiger partial charge in [0, 0.05) is 64.9 Å². The Bertz CT molecular complexity index is 622. The lowest BCUT2D eigenvalue weighted by atomic mass is 10.0. The fraction of sp³-hybridized carbons (Fsp3) is 0.727. The van der Waals surface area contributed by atoms with Crippen LogP contribution in [0.5, 0.6) is 5.75 Å². The quantitative estimate of drug-likeness (QED) is 0.791. The van der Waals surface area contributed by atoms with E-state index in [0.717, 1.165) is 51.0 Å². The van der Waals surface area contributed by atoms with Crippen LogP contribution in [0.25, 0.3) is 0 Å². The predicted molar refractivity (Wildman–Crippen MR) is 108 cm³/mol. The number of hydrogen-bond acceptors (Lipinski definition) is 5. The Balaban J connectivity index is 1.28. The number of hydrogen-bond donors (Lipinski definition) is 0. The third kappa shape index (κ3) is 4.16. The molecule has 2 saturated heterocycles. The van der Waals surface area contributed by atoms with E-state index in [1.54, 1.807) is 0 Å². The van der Waals surface area contributed by atoms with Crippen LogP contribution in [0.4, 0.5) is 0 Å². The van der Waals surface area contributed by atoms with Crippen LogP contribution in [0.3, 0.4) is 0 Å². The topological polar surface area (TPSA) is 28.2 Å². The molecule has 3 aliphatic rings. The van der Waals surface area contributed by atoms with Crippen LogP contribution in [0, 0.1) is 0 Å². The highest BCUT2D eigenvalue weighted by atomic mass is 16.5. The van der Waals surface area contributed by atoms with E-state index in [9.17, 15) is 0 Å². The van der Waals surface area contributed by atoms with Crippen LogP contribution in [-0.4, -0.2) is 80.0 Å². The smallest absolute Gasteiger partial charge is 0.122 e. The predicted octanol–water partition coefficient (Wildman–Crippen LogP) is 2.76. The second-order valence-electron chi connectivity index (χ2n) is 8.32. The summed E-state index contributed by atoms with van der Waals surface area (Å²) >= 11 is 0. The van der Waals surface area contributed by atoms with E-state index in [2.05, 4.69) is 46.7 Å². The van der Waals surface area contributed by atoms with E-state index in [-0.39, 0.29) is 6.23 Å². The lowest BCUT2D eigenvalue weighted by Gasteiger charge is -2.45. The van der Waals surface area contributed by atoms with Gasteiger partial charge in [-0.15, -0.1) is 0 Å². The zero-order valence-electron chi connectivity index (χ0n) is 17.2. The zero-order valence-corrected chi connectivity index (χ0v) is 17.2. The van der Waals surface area contributed by atoms with Gasteiger partial charge in [-0.05, 0) is 43.9 Å². The van der Waals surface area contributed by atoms with Gasteiger partial charge in [0.2, 0.25) is 0 Å². The number of methoxy groups -OCH3 is 1. The molecular weight excluding hydrogens is 338 g/mol. The summed E-state index contributed by atoms with van der Waals surface area (Å²) in [5, 5.41) is 0. The Morgan fingerprint density at radius 3 is 2.44 bits per heavy atom. The fourth-order valence-corrected chi connectivity index (χ4v) is 4.91. The van der Waals surface area contributed by atoms with Gasteiger partial charge in [0.15, 0.2) is 0 Å². The van der Waals surface area contributed by atoms with Crippen LogP contribution in [0.2, 0.25) is 0 Å². The Morgan fingerprint density at radius 2 is 1.74 bits per heavy atom. The molecule has 0 radical (unpaired) electrons. The molecular formula is C22H35N3O2. The van der Waals surface area contributed by atoms with Gasteiger partial charge in [0.05, 0.1) is 6.61 Å². The van der Waals surface area contributed by atoms with Crippen molar-refractivity contribution in [1.82, 2.24) is 14.7 Å². The average Bonchev–Trinajstić information content (AvgIpc) is 3.21. The first-order valence-electron chi connectivity index (χ1n) is 10.7. The van der Waals surface area contributed by atoms with Gasteiger partial charge in [-0.3, -0.25) is 14.7 Å². The standard InChI is InChI=1S/C22H35N3O2/c1-17(20-5-4-19-8-15-27-22(19)16-20)23-11-13-25(14-12-23)21-6-9-24(10-7-21)18(2)26-3/h4-5,16-18,21H,6-15H2,1-3H3/t17?,18-/m0/s1. The molecule has 3 aliphatic heterocycles. The van der Waals surface area contributed by atoms with Gasteiger partial charge in [0.1, 0.15) is 12.0 Å². The monoisotopic (exact) mass is 373 g/mol. The molecule has 27 heavy (non-hydrogen) atoms. The van der Waals surface area contributed by atoms with Gasteiger partial charge in [-0.1, -0.05) is 12.1 Å². The molecule has 2 fully saturated rings. The van der Waals surface area contributed by atoms with E-state index in [1.165, 1.54) is 37.1 Å². The lowest BCUT2D eigenvalue weighted by molar-refractivity contribution is -0.0450. The van der Waals surface area contributed by atoms with Crippen LogP contribution < -0.4 is 4.74 Å². The van der Waals surface area contributed by atoms with Crippen molar-refractivity contribution in [2.75, 3.05) is 53.0 Å². The maximum atomic E-state index is 5.77. The molecule has 5 heteroatoms. The molecule has 0 saturated carbocycles. The summed E-state index contributed by atoms with van der Waals surface area (Å²) in [6.07, 6.45) is 3.85. The molecule has 0 amide bonds. The van der Waals surface area contributed by atoms with Crippen molar-refractivity contribution in [2.45, 2.75) is 51.4 Å². The summed E-state index contributed by atoms with van der Waals surface area (Å²) < 4.78 is 11.2. The zero-order chi connectivity index (χ0) is 18.8. The number of fused-ring (bicyclic) bond motifs is 1. The maximum absolute atomic E-state index is 5.77. The summed E-state index contributed by atoms with van der Waals surface area (Å²) in [5.74, 6) is 1.11. The number of piperazine rings is 1. The van der Waals surface area contributed by atoms with Crippen molar-refractivity contribution in [1.29, 1.82) is 0 Å². The SMILES string of the molecule is CO[C@@H](C)N1CCC(N2CCN(C(C)c3ccc4c(c3)OCC4)CC2)CC1. The van der Waals surface area contributed by atoms with E-state index in [0.29, 0.717) is 6.04 Å². The number of likely N-dealkylation sites (tertiary alicyclic amines) is 1. The van der Waals surface area contributed by atoms with Crippen LogP contribution in [0.1, 0.15) is 43.9 Å². The number of nitrogens with zero attached hydrogens (tertiary/aromatic N) is 3. The van der Waals surface area contributed by atoms with Gasteiger partial charge in [-0.2, -0.15) is 0 Å². The highest BCUT2D eigenvalue weighted by Crippen LogP contribution is 2.31. The Kier molecular flexibility index (Phi) is 6.02. The molecule has 0 spiro atoms. The maximum Gasteiger partial charge on any atom is 0.122 e. The number of piperidine rings is 1. The molecule has 5 nitrogen and oxygen atoms in total. The first kappa shape index (κ1) is 19.2. The molecule has 1 aromatic rings. The van der Waals surface area contributed by atoms with Gasteiger partial charge < -0.3 is 9.47 Å². The largest absolute Gasteiger partial charge is 0.493 e. The molecule has 0 bridgehead atoms. The molecule has 3 heterocycles. The van der Waals surface area contributed by atoms with Crippen molar-refractivity contribution in [3.05, 3.63) is 29.3 Å². The highest BCUT2D eigenvalue weighted by Gasteiger charge is 2.30. The van der Waals surface area contributed by atoms with Crippen molar-refractivity contribution < 1.29 is 9.47 Å². The number of benzene rings is 1. The minimum Gasteiger partial charge on any atom is -0.493 e. The molecule has 0 N–H and O–H groups in total. The first-order chi connectivity index (χ1) is 13.2. The lowest BCUT2D eigenvalue weighted by Crippen LogP contribution is -2.54. The summed E-state index contributed by atoms with van der Waals surface area (Å²) in [6.45, 7) is 12.4. The van der Waals surface area contributed by atoms with Crippen molar-refractivity contribution >= 4 is 0 Å². The van der Waals surface area contributed by atoms with Crippen LogP contribution in [-0.2, 0) is 11.2 Å². The normalized spacial score (nSPS) is 25.1. The molecule has 4 rings (SSSR count). The first-order valence-corrected chi connectivity index (χ1v) is 10.7. The minimum atomic E-state index is 0.250. The third-order valence-corrected chi connectivity index (χ3v) is 6.97. The molecule has 1 aromatic carbocycles. The second kappa shape index (κ2) is 8.48. The number of rotatable bonds is 5. The van der Waals surface area contributed by atoms with Gasteiger partial charge in [-0.25, -0.2) is 0 Å². The Labute approximate surface area is 164 Å². The molecule has 150 valence electrons. The fourth-order valence-electron chi connectivity index (χ4n) is 4.91. The Hall–Kier alpha value is -1.14. The minimum absolute atomic E-state index is 0.250. The van der Waals surface area contributed by atoms with E-state index in [1.807, 2.05) is 7.11 Å². The third-order valence-electron chi connectivity index (χ3n) is 6.97. The summed E-state index contributed by atoms with van der Waals surface area (Å²) in [4.78, 5) is 7.82. The highest BCUT2D eigenvalue weighted by molar-refractivity contribution is 5.41. The molecule has 1 unspecified atom stereocenters. The van der Waals surface area contributed by atoms with Crippen LogP contribution >= 0.6 is 0 Å². The molecule has 2 atom stereocenters. The second-order valence-corrected chi connectivity index (χ2v) is 8.32. The number of ether oxygens (including phenoxy) is 2. The van der Waals surface area contributed by atoms with Crippen molar-refractivity contribution in [2.24, 2.45) is 0 Å². The molecule has 0 aliphatic carbocycles. The van der Waals surface area contributed by atoms with Gasteiger partial charge >= 0.3 is 0 Å². The summed E-state index contributed by atoms with van der Waals surface area (Å²) in [6, 6.07) is 8.05. The van der Waals surface area contributed by atoms with E-state index in [4.69, 9.17) is 9.47 Å².